The van der Waals surface area contributed by atoms with Crippen molar-refractivity contribution in [3.63, 3.8) is 0 Å². The molecule has 0 aliphatic rings. The van der Waals surface area contributed by atoms with Gasteiger partial charge >= 0.3 is 0 Å². The number of halogens is 1. The summed E-state index contributed by atoms with van der Waals surface area (Å²) in [5, 5.41) is 9.45. The van der Waals surface area contributed by atoms with Crippen LogP contribution in [0.2, 0.25) is 0 Å². The van der Waals surface area contributed by atoms with Crippen molar-refractivity contribution < 1.29 is 9.52 Å². The normalized spacial score (nSPS) is 12.4. The molecule has 1 unspecified atom stereocenters. The summed E-state index contributed by atoms with van der Waals surface area (Å²) in [5.41, 5.74) is 0. The first-order chi connectivity index (χ1) is 5.74. The van der Waals surface area contributed by atoms with E-state index < -0.39 is 6.10 Å². The molecule has 1 heterocycles. The Morgan fingerprint density at radius 1 is 1.67 bits per heavy atom. The number of furan rings is 1. The molecule has 1 atom stereocenters. The molecule has 0 saturated carbocycles. The van der Waals surface area contributed by atoms with Crippen LogP contribution in [0.25, 0.3) is 0 Å². The fraction of sp³-hybridized carbons (Fsp3) is 0.333. The van der Waals surface area contributed by atoms with Crippen molar-refractivity contribution in [1.82, 2.24) is 0 Å². The lowest BCUT2D eigenvalue weighted by molar-refractivity contribution is 0.140. The maximum atomic E-state index is 9.45. The van der Waals surface area contributed by atoms with E-state index in [9.17, 15) is 5.11 Å². The van der Waals surface area contributed by atoms with Crippen molar-refractivity contribution in [3.8, 4) is 12.3 Å². The lowest BCUT2D eigenvalue weighted by Gasteiger charge is -2.03. The summed E-state index contributed by atoms with van der Waals surface area (Å²) in [5.74, 6) is 3.01. The van der Waals surface area contributed by atoms with Gasteiger partial charge in [-0.05, 0) is 34.5 Å². The van der Waals surface area contributed by atoms with E-state index in [1.54, 1.807) is 12.1 Å². The van der Waals surface area contributed by atoms with Gasteiger partial charge in [0.05, 0.1) is 0 Å². The predicted octanol–water partition coefficient (Wildman–Crippen LogP) is 2.49. The van der Waals surface area contributed by atoms with Gasteiger partial charge in [-0.15, -0.1) is 12.3 Å². The van der Waals surface area contributed by atoms with E-state index in [0.717, 1.165) is 0 Å². The van der Waals surface area contributed by atoms with Crippen LogP contribution >= 0.6 is 15.9 Å². The van der Waals surface area contributed by atoms with Gasteiger partial charge in [0.2, 0.25) is 0 Å². The minimum absolute atomic E-state index is 0.538. The highest BCUT2D eigenvalue weighted by atomic mass is 79.9. The predicted molar refractivity (Wildman–Crippen MR) is 49.4 cm³/mol. The Labute approximate surface area is 79.7 Å². The SMILES string of the molecule is C#CCCC(O)c1ccc(Br)o1. The molecule has 0 amide bonds. The smallest absolute Gasteiger partial charge is 0.169 e. The number of hydrogen-bond donors (Lipinski definition) is 1. The highest BCUT2D eigenvalue weighted by molar-refractivity contribution is 9.10. The number of aliphatic hydroxyl groups excluding tert-OH is 1. The molecule has 1 rings (SSSR count). The zero-order valence-electron chi connectivity index (χ0n) is 6.46. The minimum Gasteiger partial charge on any atom is -0.452 e. The Morgan fingerprint density at radius 2 is 2.42 bits per heavy atom. The molecule has 0 fully saturated rings. The third-order valence-electron chi connectivity index (χ3n) is 1.48. The summed E-state index contributed by atoms with van der Waals surface area (Å²) >= 11 is 3.15. The first-order valence-corrected chi connectivity index (χ1v) is 4.40. The molecular formula is C9H9BrO2. The van der Waals surface area contributed by atoms with Crippen LogP contribution in [0.15, 0.2) is 21.2 Å². The molecule has 12 heavy (non-hydrogen) atoms. The molecule has 0 aromatic carbocycles. The second-order valence-corrected chi connectivity index (χ2v) is 3.18. The van der Waals surface area contributed by atoms with Crippen LogP contribution in [0.1, 0.15) is 24.7 Å². The van der Waals surface area contributed by atoms with E-state index in [0.29, 0.717) is 23.3 Å². The standard InChI is InChI=1S/C9H9BrO2/c1-2-3-4-7(11)8-5-6-9(10)12-8/h1,5-7,11H,3-4H2. The molecule has 0 saturated heterocycles. The summed E-state index contributed by atoms with van der Waals surface area (Å²) in [6.45, 7) is 0. The first kappa shape index (κ1) is 9.37. The second kappa shape index (κ2) is 4.34. The van der Waals surface area contributed by atoms with Gasteiger partial charge in [-0.25, -0.2) is 0 Å². The Kier molecular flexibility index (Phi) is 3.39. The maximum Gasteiger partial charge on any atom is 0.169 e. The summed E-state index contributed by atoms with van der Waals surface area (Å²) in [6.07, 6.45) is 5.56. The van der Waals surface area contributed by atoms with Gasteiger partial charge in [0.15, 0.2) is 4.67 Å². The highest BCUT2D eigenvalue weighted by Crippen LogP contribution is 2.23. The van der Waals surface area contributed by atoms with Crippen molar-refractivity contribution in [2.75, 3.05) is 0 Å². The molecule has 0 aliphatic carbocycles. The molecule has 1 aromatic heterocycles. The van der Waals surface area contributed by atoms with Gasteiger partial charge < -0.3 is 9.52 Å². The van der Waals surface area contributed by atoms with Gasteiger partial charge in [-0.1, -0.05) is 0 Å². The van der Waals surface area contributed by atoms with Gasteiger partial charge in [0.25, 0.3) is 0 Å². The lowest BCUT2D eigenvalue weighted by atomic mass is 10.1. The molecule has 0 bridgehead atoms. The third kappa shape index (κ3) is 2.40. The van der Waals surface area contributed by atoms with Crippen LogP contribution in [0, 0.1) is 12.3 Å². The van der Waals surface area contributed by atoms with Gasteiger partial charge in [-0.3, -0.25) is 0 Å². The van der Waals surface area contributed by atoms with Crippen molar-refractivity contribution in [2.45, 2.75) is 18.9 Å². The molecule has 2 nitrogen and oxygen atoms in total. The number of aliphatic hydroxyl groups is 1. The number of hydrogen-bond acceptors (Lipinski definition) is 2. The minimum atomic E-state index is -0.590. The lowest BCUT2D eigenvalue weighted by Crippen LogP contribution is -1.93. The number of rotatable bonds is 3. The highest BCUT2D eigenvalue weighted by Gasteiger charge is 2.10. The number of terminal acetylenes is 1. The fourth-order valence-corrected chi connectivity index (χ4v) is 1.19. The third-order valence-corrected chi connectivity index (χ3v) is 1.91. The van der Waals surface area contributed by atoms with Crippen molar-refractivity contribution in [3.05, 3.63) is 22.6 Å². The average Bonchev–Trinajstić information content (AvgIpc) is 2.47. The van der Waals surface area contributed by atoms with Gasteiger partial charge in [0.1, 0.15) is 11.9 Å². The second-order valence-electron chi connectivity index (χ2n) is 2.40. The molecule has 3 heteroatoms. The monoisotopic (exact) mass is 228 g/mol. The van der Waals surface area contributed by atoms with Crippen LogP contribution in [-0.4, -0.2) is 5.11 Å². The zero-order valence-corrected chi connectivity index (χ0v) is 8.04. The first-order valence-electron chi connectivity index (χ1n) is 3.61. The van der Waals surface area contributed by atoms with Crippen LogP contribution in [0.5, 0.6) is 0 Å². The van der Waals surface area contributed by atoms with E-state index in [1.165, 1.54) is 0 Å². The van der Waals surface area contributed by atoms with Gasteiger partial charge in [0, 0.05) is 6.42 Å². The van der Waals surface area contributed by atoms with E-state index >= 15 is 0 Å². The average molecular weight is 229 g/mol. The topological polar surface area (TPSA) is 33.4 Å². The Morgan fingerprint density at radius 3 is 2.92 bits per heavy atom. The maximum absolute atomic E-state index is 9.45. The molecule has 0 spiro atoms. The zero-order chi connectivity index (χ0) is 8.97. The van der Waals surface area contributed by atoms with Crippen LogP contribution < -0.4 is 0 Å². The summed E-state index contributed by atoms with van der Waals surface area (Å²) < 4.78 is 5.76. The van der Waals surface area contributed by atoms with Crippen molar-refractivity contribution >= 4 is 15.9 Å². The molecular weight excluding hydrogens is 220 g/mol. The Bertz CT molecular complexity index is 285. The van der Waals surface area contributed by atoms with Crippen LogP contribution in [0.4, 0.5) is 0 Å². The molecule has 1 aromatic rings. The molecule has 0 radical (unpaired) electrons. The van der Waals surface area contributed by atoms with Crippen molar-refractivity contribution in [2.24, 2.45) is 0 Å². The molecule has 64 valence electrons. The summed E-state index contributed by atoms with van der Waals surface area (Å²) in [6, 6.07) is 3.47. The van der Waals surface area contributed by atoms with Crippen molar-refractivity contribution in [1.29, 1.82) is 0 Å². The van der Waals surface area contributed by atoms with Crippen LogP contribution in [0.3, 0.4) is 0 Å². The largest absolute Gasteiger partial charge is 0.452 e. The Hall–Kier alpha value is -0.720. The summed E-state index contributed by atoms with van der Waals surface area (Å²) in [4.78, 5) is 0. The van der Waals surface area contributed by atoms with E-state index in [1.807, 2.05) is 0 Å². The quantitative estimate of drug-likeness (QED) is 0.807. The molecule has 1 N–H and O–H groups in total. The molecule has 0 aliphatic heterocycles. The summed E-state index contributed by atoms with van der Waals surface area (Å²) in [7, 11) is 0. The van der Waals surface area contributed by atoms with Crippen LogP contribution in [-0.2, 0) is 0 Å². The van der Waals surface area contributed by atoms with E-state index in [-0.39, 0.29) is 0 Å². The Balaban J connectivity index is 2.54. The van der Waals surface area contributed by atoms with Gasteiger partial charge in [-0.2, -0.15) is 0 Å². The fourth-order valence-electron chi connectivity index (χ4n) is 0.870. The van der Waals surface area contributed by atoms with E-state index in [2.05, 4.69) is 21.9 Å². The van der Waals surface area contributed by atoms with E-state index in [4.69, 9.17) is 10.8 Å².